The first kappa shape index (κ1) is 17.6. The number of methoxy groups -OCH3 is 1. The Morgan fingerprint density at radius 2 is 1.81 bits per heavy atom. The number of benzene rings is 2. The first-order chi connectivity index (χ1) is 12.7. The lowest BCUT2D eigenvalue weighted by atomic mass is 10.2. The van der Waals surface area contributed by atoms with E-state index in [1.807, 2.05) is 30.3 Å². The minimum Gasteiger partial charge on any atom is -0.497 e. The highest BCUT2D eigenvalue weighted by molar-refractivity contribution is 7.13. The quantitative estimate of drug-likeness (QED) is 0.673. The Hall–Kier alpha value is -3.19. The van der Waals surface area contributed by atoms with Crippen molar-refractivity contribution in [3.63, 3.8) is 0 Å². The van der Waals surface area contributed by atoms with Crippen LogP contribution in [-0.4, -0.2) is 30.6 Å². The highest BCUT2D eigenvalue weighted by Crippen LogP contribution is 2.25. The molecule has 0 radical (unpaired) electrons. The largest absolute Gasteiger partial charge is 0.497 e. The fraction of sp³-hybridized carbons (Fsp3) is 0.105. The lowest BCUT2D eigenvalue weighted by Crippen LogP contribution is -2.21. The lowest BCUT2D eigenvalue weighted by Gasteiger charge is -2.05. The van der Waals surface area contributed by atoms with Gasteiger partial charge >= 0.3 is 5.97 Å². The number of nitrogens with zero attached hydrogens (tertiary/aromatic N) is 1. The Bertz CT molecular complexity index is 891. The number of esters is 1. The Morgan fingerprint density at radius 1 is 1.08 bits per heavy atom. The molecular formula is C19H16N2O4S. The Balaban J connectivity index is 1.56. The number of hydrogen-bond donors (Lipinski definition) is 1. The summed E-state index contributed by atoms with van der Waals surface area (Å²) in [6.07, 6.45) is 0. The highest BCUT2D eigenvalue weighted by atomic mass is 32.1. The first-order valence-corrected chi connectivity index (χ1v) is 8.65. The van der Waals surface area contributed by atoms with Gasteiger partial charge in [-0.2, -0.15) is 0 Å². The summed E-state index contributed by atoms with van der Waals surface area (Å²) < 4.78 is 10.1. The van der Waals surface area contributed by atoms with Crippen LogP contribution >= 0.6 is 11.3 Å². The van der Waals surface area contributed by atoms with Gasteiger partial charge in [0, 0.05) is 16.6 Å². The lowest BCUT2D eigenvalue weighted by molar-refractivity contribution is -0.119. The van der Waals surface area contributed by atoms with Crippen molar-refractivity contribution >= 4 is 28.9 Å². The SMILES string of the molecule is COc1ccc(-c2nc(C(=O)OCC(=O)Nc3ccccc3)cs2)cc1. The van der Waals surface area contributed by atoms with E-state index in [1.54, 1.807) is 36.8 Å². The molecule has 26 heavy (non-hydrogen) atoms. The van der Waals surface area contributed by atoms with E-state index in [9.17, 15) is 9.59 Å². The number of nitrogens with one attached hydrogen (secondary N) is 1. The van der Waals surface area contributed by atoms with Crippen LogP contribution in [-0.2, 0) is 9.53 Å². The number of ether oxygens (including phenoxy) is 2. The van der Waals surface area contributed by atoms with Crippen LogP contribution in [0.1, 0.15) is 10.5 Å². The molecule has 0 atom stereocenters. The monoisotopic (exact) mass is 368 g/mol. The second-order valence-electron chi connectivity index (χ2n) is 5.26. The van der Waals surface area contributed by atoms with E-state index in [-0.39, 0.29) is 12.3 Å². The van der Waals surface area contributed by atoms with E-state index < -0.39 is 11.9 Å². The maximum atomic E-state index is 12.1. The summed E-state index contributed by atoms with van der Waals surface area (Å²) in [6, 6.07) is 16.3. The predicted molar refractivity (Wildman–Crippen MR) is 99.5 cm³/mol. The van der Waals surface area contributed by atoms with Crippen molar-refractivity contribution in [2.75, 3.05) is 19.0 Å². The van der Waals surface area contributed by atoms with Gasteiger partial charge in [0.05, 0.1) is 7.11 Å². The molecule has 0 fully saturated rings. The third-order valence-corrected chi connectivity index (χ3v) is 4.33. The molecule has 0 aliphatic heterocycles. The predicted octanol–water partition coefficient (Wildman–Crippen LogP) is 3.61. The molecule has 6 nitrogen and oxygen atoms in total. The third-order valence-electron chi connectivity index (χ3n) is 3.44. The molecule has 1 N–H and O–H groups in total. The fourth-order valence-corrected chi connectivity index (χ4v) is 2.95. The van der Waals surface area contributed by atoms with Crippen molar-refractivity contribution in [2.24, 2.45) is 0 Å². The standard InChI is InChI=1S/C19H16N2O4S/c1-24-15-9-7-13(8-10-15)18-21-16(12-26-18)19(23)25-11-17(22)20-14-5-3-2-4-6-14/h2-10,12H,11H2,1H3,(H,20,22). The van der Waals surface area contributed by atoms with Crippen LogP contribution in [0.2, 0.25) is 0 Å². The fourth-order valence-electron chi connectivity index (χ4n) is 2.16. The molecule has 2 aromatic carbocycles. The van der Waals surface area contributed by atoms with Crippen LogP contribution in [0.4, 0.5) is 5.69 Å². The van der Waals surface area contributed by atoms with Crippen LogP contribution in [0, 0.1) is 0 Å². The van der Waals surface area contributed by atoms with Gasteiger partial charge in [0.25, 0.3) is 5.91 Å². The van der Waals surface area contributed by atoms with Gasteiger partial charge < -0.3 is 14.8 Å². The molecule has 132 valence electrons. The Morgan fingerprint density at radius 3 is 2.50 bits per heavy atom. The number of carbonyl (C=O) groups excluding carboxylic acids is 2. The van der Waals surface area contributed by atoms with Crippen LogP contribution in [0.3, 0.4) is 0 Å². The molecule has 1 amide bonds. The van der Waals surface area contributed by atoms with Crippen molar-refractivity contribution < 1.29 is 19.1 Å². The van der Waals surface area contributed by atoms with Crippen molar-refractivity contribution in [1.29, 1.82) is 0 Å². The molecule has 0 aliphatic rings. The van der Waals surface area contributed by atoms with Crippen molar-refractivity contribution in [3.8, 4) is 16.3 Å². The molecule has 0 aliphatic carbocycles. The molecule has 3 aromatic rings. The number of rotatable bonds is 6. The van der Waals surface area contributed by atoms with Crippen molar-refractivity contribution in [2.45, 2.75) is 0 Å². The van der Waals surface area contributed by atoms with Crippen LogP contribution in [0.25, 0.3) is 10.6 Å². The minimum atomic E-state index is -0.635. The van der Waals surface area contributed by atoms with Gasteiger partial charge in [-0.25, -0.2) is 9.78 Å². The van der Waals surface area contributed by atoms with E-state index in [0.29, 0.717) is 10.7 Å². The average Bonchev–Trinajstić information content (AvgIpc) is 3.17. The molecule has 1 aromatic heterocycles. The summed E-state index contributed by atoms with van der Waals surface area (Å²) in [6.45, 7) is -0.372. The van der Waals surface area contributed by atoms with Crippen LogP contribution in [0.5, 0.6) is 5.75 Å². The van der Waals surface area contributed by atoms with E-state index in [1.165, 1.54) is 11.3 Å². The molecule has 0 saturated heterocycles. The second-order valence-corrected chi connectivity index (χ2v) is 6.11. The van der Waals surface area contributed by atoms with Gasteiger partial charge in [-0.15, -0.1) is 11.3 Å². The summed E-state index contributed by atoms with van der Waals surface area (Å²) in [5.74, 6) is -0.297. The van der Waals surface area contributed by atoms with Gasteiger partial charge in [0.2, 0.25) is 0 Å². The van der Waals surface area contributed by atoms with E-state index >= 15 is 0 Å². The van der Waals surface area contributed by atoms with E-state index in [2.05, 4.69) is 10.3 Å². The van der Waals surface area contributed by atoms with Crippen molar-refractivity contribution in [1.82, 2.24) is 4.98 Å². The normalized spacial score (nSPS) is 10.2. The number of aromatic nitrogens is 1. The summed E-state index contributed by atoms with van der Waals surface area (Å²) in [7, 11) is 1.60. The van der Waals surface area contributed by atoms with Gasteiger partial charge in [-0.05, 0) is 36.4 Å². The summed E-state index contributed by atoms with van der Waals surface area (Å²) >= 11 is 1.33. The summed E-state index contributed by atoms with van der Waals surface area (Å²) in [4.78, 5) is 28.2. The molecule has 0 bridgehead atoms. The Kier molecular flexibility index (Phi) is 5.60. The Labute approximate surface area is 154 Å². The van der Waals surface area contributed by atoms with Gasteiger partial charge in [0.1, 0.15) is 10.8 Å². The molecule has 1 heterocycles. The second kappa shape index (κ2) is 8.26. The number of anilines is 1. The van der Waals surface area contributed by atoms with Gasteiger partial charge in [-0.1, -0.05) is 18.2 Å². The van der Waals surface area contributed by atoms with E-state index in [0.717, 1.165) is 11.3 Å². The molecule has 0 saturated carbocycles. The summed E-state index contributed by atoms with van der Waals surface area (Å²) in [5.41, 5.74) is 1.69. The zero-order valence-corrected chi connectivity index (χ0v) is 14.8. The number of para-hydroxylation sites is 1. The first-order valence-electron chi connectivity index (χ1n) is 7.77. The van der Waals surface area contributed by atoms with Crippen LogP contribution in [0.15, 0.2) is 60.0 Å². The molecule has 0 spiro atoms. The smallest absolute Gasteiger partial charge is 0.358 e. The zero-order chi connectivity index (χ0) is 18.4. The maximum absolute atomic E-state index is 12.1. The number of thiazole rings is 1. The molecule has 3 rings (SSSR count). The molecule has 0 unspecified atom stereocenters. The number of amides is 1. The minimum absolute atomic E-state index is 0.174. The molecule has 7 heteroatoms. The average molecular weight is 368 g/mol. The summed E-state index contributed by atoms with van der Waals surface area (Å²) in [5, 5.41) is 4.94. The highest BCUT2D eigenvalue weighted by Gasteiger charge is 2.15. The van der Waals surface area contributed by atoms with Gasteiger partial charge in [0.15, 0.2) is 12.3 Å². The topological polar surface area (TPSA) is 77.5 Å². The van der Waals surface area contributed by atoms with E-state index in [4.69, 9.17) is 9.47 Å². The third kappa shape index (κ3) is 4.46. The van der Waals surface area contributed by atoms with Crippen LogP contribution < -0.4 is 10.1 Å². The number of carbonyl (C=O) groups is 2. The molecular weight excluding hydrogens is 352 g/mol. The maximum Gasteiger partial charge on any atom is 0.358 e. The van der Waals surface area contributed by atoms with Gasteiger partial charge in [-0.3, -0.25) is 4.79 Å². The zero-order valence-electron chi connectivity index (χ0n) is 14.0. The number of hydrogen-bond acceptors (Lipinski definition) is 6. The van der Waals surface area contributed by atoms with Crippen molar-refractivity contribution in [3.05, 3.63) is 65.7 Å².